The second-order valence-electron chi connectivity index (χ2n) is 9.32. The Bertz CT molecular complexity index is 1450. The first-order valence-corrected chi connectivity index (χ1v) is 13.6. The van der Waals surface area contributed by atoms with Gasteiger partial charge in [0.05, 0.1) is 5.56 Å². The second kappa shape index (κ2) is 12.8. The van der Waals surface area contributed by atoms with Crippen LogP contribution in [-0.2, 0) is 0 Å². The Kier molecular flexibility index (Phi) is 9.01. The van der Waals surface area contributed by atoms with Gasteiger partial charge in [0.15, 0.2) is 0 Å². The summed E-state index contributed by atoms with van der Waals surface area (Å²) in [6.07, 6.45) is 8.39. The first-order valence-electron chi connectivity index (χ1n) is 13.6. The van der Waals surface area contributed by atoms with Crippen LogP contribution in [0.1, 0.15) is 55.5 Å². The summed E-state index contributed by atoms with van der Waals surface area (Å²) in [5, 5.41) is 12.0. The Hall–Kier alpha value is -4.29. The van der Waals surface area contributed by atoms with Crippen molar-refractivity contribution >= 4 is 46.5 Å². The number of nitriles is 1. The van der Waals surface area contributed by atoms with E-state index in [1.165, 1.54) is 16.9 Å². The van der Waals surface area contributed by atoms with Gasteiger partial charge in [-0.15, -0.1) is 0 Å². The van der Waals surface area contributed by atoms with Crippen molar-refractivity contribution in [1.29, 1.82) is 5.26 Å². The van der Waals surface area contributed by atoms with E-state index >= 15 is 0 Å². The monoisotopic (exact) mass is 499 g/mol. The fraction of sp³-hybridized carbons (Fsp3) is 0.229. The van der Waals surface area contributed by atoms with E-state index in [1.807, 2.05) is 12.1 Å². The number of hydrogen-bond acceptors (Lipinski definition) is 3. The first-order chi connectivity index (χ1) is 18.6. The molecule has 0 aliphatic rings. The van der Waals surface area contributed by atoms with Gasteiger partial charge in [0, 0.05) is 42.9 Å². The predicted molar refractivity (Wildman–Crippen MR) is 167 cm³/mol. The van der Waals surface area contributed by atoms with Crippen molar-refractivity contribution in [3.63, 3.8) is 0 Å². The van der Waals surface area contributed by atoms with Crippen LogP contribution in [0.25, 0.3) is 35.1 Å². The minimum Gasteiger partial charge on any atom is -0.372 e. The molecule has 0 bridgehead atoms. The molecule has 4 aromatic rings. The lowest BCUT2D eigenvalue weighted by atomic mass is 9.97. The van der Waals surface area contributed by atoms with E-state index in [9.17, 15) is 5.26 Å². The molecule has 0 unspecified atom stereocenters. The van der Waals surface area contributed by atoms with Gasteiger partial charge in [-0.3, -0.25) is 0 Å². The molecule has 0 saturated heterocycles. The number of anilines is 2. The molecule has 0 aliphatic carbocycles. The topological polar surface area (TPSA) is 30.3 Å². The van der Waals surface area contributed by atoms with Crippen LogP contribution < -0.4 is 9.80 Å². The summed E-state index contributed by atoms with van der Waals surface area (Å²) in [7, 11) is 0. The quantitative estimate of drug-likeness (QED) is 0.204. The van der Waals surface area contributed by atoms with Gasteiger partial charge in [0.2, 0.25) is 0 Å². The zero-order valence-electron chi connectivity index (χ0n) is 23.0. The van der Waals surface area contributed by atoms with Crippen LogP contribution in [0.5, 0.6) is 0 Å². The number of benzene rings is 4. The van der Waals surface area contributed by atoms with Gasteiger partial charge in [-0.2, -0.15) is 5.26 Å². The van der Waals surface area contributed by atoms with Gasteiger partial charge in [-0.05, 0) is 85.7 Å². The summed E-state index contributed by atoms with van der Waals surface area (Å²) >= 11 is 0. The van der Waals surface area contributed by atoms with Crippen LogP contribution >= 0.6 is 0 Å². The number of hydrogen-bond donors (Lipinski definition) is 0. The highest BCUT2D eigenvalue weighted by molar-refractivity contribution is 5.94. The molecule has 0 atom stereocenters. The van der Waals surface area contributed by atoms with Gasteiger partial charge < -0.3 is 9.80 Å². The minimum atomic E-state index is 0.709. The molecule has 4 rings (SSSR count). The molecule has 3 heteroatoms. The van der Waals surface area contributed by atoms with Crippen LogP contribution in [0.3, 0.4) is 0 Å². The third-order valence-corrected chi connectivity index (χ3v) is 7.15. The Labute approximate surface area is 228 Å². The highest BCUT2D eigenvalue weighted by Crippen LogP contribution is 2.26. The molecule has 0 aliphatic heterocycles. The normalized spacial score (nSPS) is 11.3. The Morgan fingerprint density at radius 2 is 1.05 bits per heavy atom. The molecule has 0 fully saturated rings. The molecule has 0 N–H and O–H groups in total. The molecule has 0 heterocycles. The van der Waals surface area contributed by atoms with E-state index in [0.717, 1.165) is 53.6 Å². The minimum absolute atomic E-state index is 0.709. The maximum atomic E-state index is 9.98. The Balaban J connectivity index is 1.53. The SMILES string of the molecule is CCN(CC)c1ccc(C=Cc2ccc3c(C#N)c(C=Cc4ccc(N(CC)CC)cc4)ccc3c2)cc1. The Morgan fingerprint density at radius 1 is 0.579 bits per heavy atom. The molecule has 0 spiro atoms. The van der Waals surface area contributed by atoms with E-state index < -0.39 is 0 Å². The zero-order valence-corrected chi connectivity index (χ0v) is 23.0. The Morgan fingerprint density at radius 3 is 1.55 bits per heavy atom. The summed E-state index contributed by atoms with van der Waals surface area (Å²) < 4.78 is 0. The molecule has 0 saturated carbocycles. The fourth-order valence-electron chi connectivity index (χ4n) is 4.88. The standard InChI is InChI=1S/C35H37N3/c1-5-37(6-2)32-20-12-27(13-21-32)9-10-29-16-24-34-31(25-29)19-18-30(35(34)26-36)17-11-28-14-22-33(23-15-28)38(7-3)8-4/h9-25H,5-8H2,1-4H3. The summed E-state index contributed by atoms with van der Waals surface area (Å²) in [6, 6.07) is 30.2. The highest BCUT2D eigenvalue weighted by Gasteiger charge is 2.07. The average Bonchev–Trinajstić information content (AvgIpc) is 2.97. The maximum Gasteiger partial charge on any atom is 0.100 e. The van der Waals surface area contributed by atoms with E-state index in [-0.39, 0.29) is 0 Å². The lowest BCUT2D eigenvalue weighted by Crippen LogP contribution is -2.21. The van der Waals surface area contributed by atoms with Crippen molar-refractivity contribution in [2.24, 2.45) is 0 Å². The predicted octanol–water partition coefficient (Wildman–Crippen LogP) is 8.74. The van der Waals surface area contributed by atoms with Crippen molar-refractivity contribution in [3.05, 3.63) is 107 Å². The molecule has 192 valence electrons. The summed E-state index contributed by atoms with van der Waals surface area (Å²) in [4.78, 5) is 4.67. The molecule has 3 nitrogen and oxygen atoms in total. The van der Waals surface area contributed by atoms with Gasteiger partial charge in [0.1, 0.15) is 6.07 Å². The third kappa shape index (κ3) is 6.15. The fourth-order valence-corrected chi connectivity index (χ4v) is 4.88. The number of nitrogens with zero attached hydrogens (tertiary/aromatic N) is 3. The van der Waals surface area contributed by atoms with Crippen molar-refractivity contribution in [2.75, 3.05) is 36.0 Å². The smallest absolute Gasteiger partial charge is 0.100 e. The lowest BCUT2D eigenvalue weighted by molar-refractivity contribution is 0.866. The van der Waals surface area contributed by atoms with Gasteiger partial charge in [-0.1, -0.05) is 72.8 Å². The second-order valence-corrected chi connectivity index (χ2v) is 9.32. The van der Waals surface area contributed by atoms with Gasteiger partial charge in [0.25, 0.3) is 0 Å². The van der Waals surface area contributed by atoms with E-state index in [0.29, 0.717) is 5.56 Å². The summed E-state index contributed by atoms with van der Waals surface area (Å²) in [5.41, 5.74) is 7.54. The van der Waals surface area contributed by atoms with Crippen LogP contribution in [0.15, 0.2) is 78.9 Å². The summed E-state index contributed by atoms with van der Waals surface area (Å²) in [5.74, 6) is 0. The third-order valence-electron chi connectivity index (χ3n) is 7.15. The molecular weight excluding hydrogens is 462 g/mol. The van der Waals surface area contributed by atoms with E-state index in [1.54, 1.807) is 0 Å². The van der Waals surface area contributed by atoms with Crippen LogP contribution in [-0.4, -0.2) is 26.2 Å². The lowest BCUT2D eigenvalue weighted by Gasteiger charge is -2.20. The van der Waals surface area contributed by atoms with E-state index in [2.05, 4.69) is 135 Å². The first kappa shape index (κ1) is 26.8. The highest BCUT2D eigenvalue weighted by atomic mass is 15.1. The van der Waals surface area contributed by atoms with Gasteiger partial charge in [-0.25, -0.2) is 0 Å². The van der Waals surface area contributed by atoms with Crippen LogP contribution in [0.2, 0.25) is 0 Å². The zero-order chi connectivity index (χ0) is 26.9. The van der Waals surface area contributed by atoms with Crippen LogP contribution in [0, 0.1) is 11.3 Å². The number of rotatable bonds is 10. The summed E-state index contributed by atoms with van der Waals surface area (Å²) in [6.45, 7) is 12.7. The molecule has 0 amide bonds. The molecule has 4 aromatic carbocycles. The average molecular weight is 500 g/mol. The van der Waals surface area contributed by atoms with Crippen molar-refractivity contribution < 1.29 is 0 Å². The number of fused-ring (bicyclic) bond motifs is 1. The van der Waals surface area contributed by atoms with Crippen molar-refractivity contribution in [1.82, 2.24) is 0 Å². The largest absolute Gasteiger partial charge is 0.372 e. The molecule has 0 aromatic heterocycles. The maximum absolute atomic E-state index is 9.98. The molecular formula is C35H37N3. The van der Waals surface area contributed by atoms with E-state index in [4.69, 9.17) is 0 Å². The van der Waals surface area contributed by atoms with Crippen LogP contribution in [0.4, 0.5) is 11.4 Å². The molecule has 38 heavy (non-hydrogen) atoms. The van der Waals surface area contributed by atoms with Crippen molar-refractivity contribution in [2.45, 2.75) is 27.7 Å². The van der Waals surface area contributed by atoms with Crippen molar-refractivity contribution in [3.8, 4) is 6.07 Å². The molecule has 0 radical (unpaired) electrons. The van der Waals surface area contributed by atoms with Gasteiger partial charge >= 0.3 is 0 Å².